The summed E-state index contributed by atoms with van der Waals surface area (Å²) in [7, 11) is -1.99. The molecule has 0 spiro atoms. The molecule has 0 unspecified atom stereocenters. The van der Waals surface area contributed by atoms with Crippen LogP contribution in [0.15, 0.2) is 68.8 Å². The second kappa shape index (κ2) is 12.2. The molecule has 3 aromatic rings. The summed E-state index contributed by atoms with van der Waals surface area (Å²) >= 11 is 3.18. The Bertz CT molecular complexity index is 1560. The monoisotopic (exact) mass is 601 g/mol. The Kier molecular flexibility index (Phi) is 9.22. The summed E-state index contributed by atoms with van der Waals surface area (Å²) in [6, 6.07) is 15.7. The minimum absolute atomic E-state index is 0.00833. The van der Waals surface area contributed by atoms with E-state index in [1.165, 1.54) is 22.8 Å². The number of nitrogens with zero attached hydrogens (tertiary/aromatic N) is 3. The number of carbonyl (C=O) groups excluding carboxylic acids is 2. The molecule has 1 aromatic heterocycles. The fraction of sp³-hybridized carbons (Fsp3) is 0.231. The van der Waals surface area contributed by atoms with Crippen molar-refractivity contribution in [2.45, 2.75) is 24.9 Å². The van der Waals surface area contributed by atoms with Crippen molar-refractivity contribution in [2.75, 3.05) is 20.8 Å². The number of halogens is 1. The van der Waals surface area contributed by atoms with Crippen LogP contribution in [-0.4, -0.2) is 50.0 Å². The van der Waals surface area contributed by atoms with Crippen molar-refractivity contribution >= 4 is 37.9 Å². The largest absolute Gasteiger partial charge is 0.468 e. The van der Waals surface area contributed by atoms with Crippen molar-refractivity contribution in [1.82, 2.24) is 8.87 Å². The zero-order chi connectivity index (χ0) is 28.0. The van der Waals surface area contributed by atoms with E-state index in [4.69, 9.17) is 14.7 Å². The third-order valence-corrected chi connectivity index (χ3v) is 8.08. The van der Waals surface area contributed by atoms with Crippen LogP contribution in [0.2, 0.25) is 0 Å². The molecule has 12 heteroatoms. The lowest BCUT2D eigenvalue weighted by atomic mass is 10.1. The zero-order valence-corrected chi connectivity index (χ0v) is 23.2. The number of ether oxygens (including phenoxy) is 2. The van der Waals surface area contributed by atoms with Gasteiger partial charge in [-0.1, -0.05) is 29.8 Å². The SMILES string of the molecule is COC(=O)CN(Cc1c(C(=O)OC)cc(Br)c(=O)n1Cc1ccc(C#N)cc1)S(=O)(=O)c1ccc(C)cc1. The van der Waals surface area contributed by atoms with Gasteiger partial charge < -0.3 is 14.0 Å². The highest BCUT2D eigenvalue weighted by atomic mass is 79.9. The Morgan fingerprint density at radius 3 is 2.24 bits per heavy atom. The minimum Gasteiger partial charge on any atom is -0.468 e. The highest BCUT2D eigenvalue weighted by Crippen LogP contribution is 2.23. The Morgan fingerprint density at radius 1 is 1.05 bits per heavy atom. The second-order valence-corrected chi connectivity index (χ2v) is 11.0. The van der Waals surface area contributed by atoms with Gasteiger partial charge in [-0.2, -0.15) is 9.57 Å². The Hall–Kier alpha value is -3.79. The maximum absolute atomic E-state index is 13.6. The van der Waals surface area contributed by atoms with Gasteiger partial charge in [-0.25, -0.2) is 13.2 Å². The number of esters is 2. The van der Waals surface area contributed by atoms with Crippen LogP contribution in [0.25, 0.3) is 0 Å². The predicted molar refractivity (Wildman–Crippen MR) is 141 cm³/mol. The predicted octanol–water partition coefficient (Wildman–Crippen LogP) is 2.99. The molecule has 0 radical (unpaired) electrons. The number of hydrogen-bond donors (Lipinski definition) is 0. The number of benzene rings is 2. The first-order valence-corrected chi connectivity index (χ1v) is 13.4. The van der Waals surface area contributed by atoms with Gasteiger partial charge in [-0.3, -0.25) is 9.59 Å². The number of nitriles is 1. The highest BCUT2D eigenvalue weighted by molar-refractivity contribution is 9.10. The van der Waals surface area contributed by atoms with Crippen molar-refractivity contribution in [3.05, 3.63) is 97.4 Å². The van der Waals surface area contributed by atoms with E-state index in [1.807, 2.05) is 6.07 Å². The van der Waals surface area contributed by atoms with Crippen molar-refractivity contribution in [2.24, 2.45) is 0 Å². The number of carbonyl (C=O) groups is 2. The highest BCUT2D eigenvalue weighted by Gasteiger charge is 2.31. The van der Waals surface area contributed by atoms with Crippen LogP contribution in [0, 0.1) is 18.3 Å². The van der Waals surface area contributed by atoms with Gasteiger partial charge in [-0.15, -0.1) is 0 Å². The number of methoxy groups -OCH3 is 2. The molecular formula is C26H24BrN3O7S. The quantitative estimate of drug-likeness (QED) is 0.341. The molecule has 0 fully saturated rings. The molecule has 0 bridgehead atoms. The molecule has 0 saturated heterocycles. The van der Waals surface area contributed by atoms with E-state index in [1.54, 1.807) is 43.3 Å². The van der Waals surface area contributed by atoms with Crippen LogP contribution < -0.4 is 5.56 Å². The van der Waals surface area contributed by atoms with Crippen molar-refractivity contribution in [3.8, 4) is 6.07 Å². The normalized spacial score (nSPS) is 11.2. The van der Waals surface area contributed by atoms with Crippen LogP contribution in [0.1, 0.15) is 32.7 Å². The number of sulfonamides is 1. The lowest BCUT2D eigenvalue weighted by Gasteiger charge is -2.25. The standard InChI is InChI=1S/C26H24BrN3O7S/c1-17-4-10-20(11-5-17)38(34,35)29(16-24(31)36-2)15-23-21(26(33)37-3)12-22(27)25(32)30(23)14-19-8-6-18(13-28)7-9-19/h4-12H,14-16H2,1-3H3. The van der Waals surface area contributed by atoms with Gasteiger partial charge in [0.25, 0.3) is 5.56 Å². The molecular weight excluding hydrogens is 578 g/mol. The molecule has 0 aliphatic rings. The maximum atomic E-state index is 13.6. The van der Waals surface area contributed by atoms with Crippen LogP contribution >= 0.6 is 15.9 Å². The second-order valence-electron chi connectivity index (χ2n) is 8.21. The zero-order valence-electron chi connectivity index (χ0n) is 20.8. The molecule has 38 heavy (non-hydrogen) atoms. The van der Waals surface area contributed by atoms with Crippen LogP contribution in [-0.2, 0) is 37.4 Å². The van der Waals surface area contributed by atoms with Gasteiger partial charge in [0.05, 0.1) is 59.6 Å². The van der Waals surface area contributed by atoms with E-state index >= 15 is 0 Å². The molecule has 0 aliphatic carbocycles. The smallest absolute Gasteiger partial charge is 0.339 e. The lowest BCUT2D eigenvalue weighted by molar-refractivity contribution is -0.140. The summed E-state index contributed by atoms with van der Waals surface area (Å²) in [4.78, 5) is 38.2. The van der Waals surface area contributed by atoms with Gasteiger partial charge in [0.2, 0.25) is 10.0 Å². The van der Waals surface area contributed by atoms with E-state index in [-0.39, 0.29) is 27.2 Å². The molecule has 2 aromatic carbocycles. The van der Waals surface area contributed by atoms with E-state index < -0.39 is 40.6 Å². The van der Waals surface area contributed by atoms with Gasteiger partial charge in [0.1, 0.15) is 6.54 Å². The minimum atomic E-state index is -4.27. The number of pyridine rings is 1. The number of rotatable bonds is 9. The molecule has 3 rings (SSSR count). The van der Waals surface area contributed by atoms with Gasteiger partial charge >= 0.3 is 11.9 Å². The molecule has 0 amide bonds. The summed E-state index contributed by atoms with van der Waals surface area (Å²) in [6.45, 7) is 0.553. The van der Waals surface area contributed by atoms with Gasteiger partial charge in [0, 0.05) is 0 Å². The molecule has 10 nitrogen and oxygen atoms in total. The number of hydrogen-bond acceptors (Lipinski definition) is 8. The number of aryl methyl sites for hydroxylation is 1. The average molecular weight is 602 g/mol. The first-order valence-electron chi connectivity index (χ1n) is 11.1. The fourth-order valence-electron chi connectivity index (χ4n) is 3.62. The molecule has 0 N–H and O–H groups in total. The summed E-state index contributed by atoms with van der Waals surface area (Å²) in [5, 5.41) is 9.08. The Morgan fingerprint density at radius 2 is 1.68 bits per heavy atom. The molecule has 0 aliphatic heterocycles. The van der Waals surface area contributed by atoms with Gasteiger partial charge in [-0.05, 0) is 58.7 Å². The van der Waals surface area contributed by atoms with Crippen molar-refractivity contribution in [3.63, 3.8) is 0 Å². The Balaban J connectivity index is 2.22. The average Bonchev–Trinajstić information content (AvgIpc) is 2.91. The van der Waals surface area contributed by atoms with Crippen LogP contribution in [0.3, 0.4) is 0 Å². The van der Waals surface area contributed by atoms with E-state index in [0.717, 1.165) is 24.1 Å². The fourth-order valence-corrected chi connectivity index (χ4v) is 5.41. The topological polar surface area (TPSA) is 136 Å². The third-order valence-electron chi connectivity index (χ3n) is 5.70. The summed E-state index contributed by atoms with van der Waals surface area (Å²) in [6.07, 6.45) is 0. The van der Waals surface area contributed by atoms with Gasteiger partial charge in [0.15, 0.2) is 0 Å². The molecule has 1 heterocycles. The Labute approximate surface area is 228 Å². The lowest BCUT2D eigenvalue weighted by Crippen LogP contribution is -2.39. The van der Waals surface area contributed by atoms with E-state index in [9.17, 15) is 22.8 Å². The molecule has 0 atom stereocenters. The van der Waals surface area contributed by atoms with E-state index in [0.29, 0.717) is 11.1 Å². The summed E-state index contributed by atoms with van der Waals surface area (Å²) < 4.78 is 39.0. The number of aromatic nitrogens is 1. The molecule has 0 saturated carbocycles. The maximum Gasteiger partial charge on any atom is 0.339 e. The first kappa shape index (κ1) is 28.8. The summed E-state index contributed by atoms with van der Waals surface area (Å²) in [5.41, 5.74) is 1.26. The van der Waals surface area contributed by atoms with E-state index in [2.05, 4.69) is 15.9 Å². The van der Waals surface area contributed by atoms with Crippen LogP contribution in [0.4, 0.5) is 0 Å². The van der Waals surface area contributed by atoms with Crippen molar-refractivity contribution < 1.29 is 27.5 Å². The van der Waals surface area contributed by atoms with Crippen LogP contribution in [0.5, 0.6) is 0 Å². The molecule has 198 valence electrons. The van der Waals surface area contributed by atoms with Crippen molar-refractivity contribution in [1.29, 1.82) is 5.26 Å². The first-order chi connectivity index (χ1) is 18.0. The third kappa shape index (κ3) is 6.36. The summed E-state index contributed by atoms with van der Waals surface area (Å²) in [5.74, 6) is -1.64.